The highest BCUT2D eigenvalue weighted by Gasteiger charge is 2.08. The van der Waals surface area contributed by atoms with Crippen LogP contribution in [-0.4, -0.2) is 32.4 Å². The van der Waals surface area contributed by atoms with Gasteiger partial charge in [-0.1, -0.05) is 0 Å². The van der Waals surface area contributed by atoms with Gasteiger partial charge in [0.15, 0.2) is 17.4 Å². The highest BCUT2D eigenvalue weighted by molar-refractivity contribution is 5.61. The van der Waals surface area contributed by atoms with Crippen molar-refractivity contribution >= 4 is 12.0 Å². The predicted octanol–water partition coefficient (Wildman–Crippen LogP) is 2.19. The zero-order valence-electron chi connectivity index (χ0n) is 8.79. The second kappa shape index (κ2) is 4.72. The molecule has 0 aliphatic carbocycles. The summed E-state index contributed by atoms with van der Waals surface area (Å²) in [7, 11) is 4.75. The molecule has 0 fully saturated rings. The number of aliphatic imine (C=N–C) groups is 1. The topological polar surface area (TPSA) is 24.8 Å². The molecular weight excluding hydrogens is 202 g/mol. The summed E-state index contributed by atoms with van der Waals surface area (Å²) in [5, 5.41) is 0. The maximum atomic E-state index is 13.3. The van der Waals surface area contributed by atoms with E-state index in [1.807, 2.05) is 0 Å². The van der Waals surface area contributed by atoms with Gasteiger partial charge in [-0.3, -0.25) is 0 Å². The standard InChI is InChI=1S/C10H12F2N2O/c1-14(2)6-13-9-4-8(12)10(15-3)5-7(9)11/h4-6H,1-3H3. The Bertz CT molecular complexity index is 378. The number of rotatable bonds is 3. The molecule has 0 N–H and O–H groups in total. The lowest BCUT2D eigenvalue weighted by atomic mass is 10.3. The van der Waals surface area contributed by atoms with Crippen molar-refractivity contribution in [2.45, 2.75) is 0 Å². The molecule has 1 rings (SSSR count). The van der Waals surface area contributed by atoms with E-state index in [0.29, 0.717) is 0 Å². The molecule has 0 amide bonds. The first-order chi connectivity index (χ1) is 7.04. The molecule has 3 nitrogen and oxygen atoms in total. The zero-order valence-corrected chi connectivity index (χ0v) is 8.79. The highest BCUT2D eigenvalue weighted by atomic mass is 19.1. The van der Waals surface area contributed by atoms with Gasteiger partial charge in [0, 0.05) is 26.2 Å². The second-order valence-electron chi connectivity index (χ2n) is 3.15. The number of hydrogen-bond acceptors (Lipinski definition) is 2. The lowest BCUT2D eigenvalue weighted by molar-refractivity contribution is 0.383. The van der Waals surface area contributed by atoms with Gasteiger partial charge in [0.25, 0.3) is 0 Å². The number of halogens is 2. The lowest BCUT2D eigenvalue weighted by Crippen LogP contribution is -2.07. The number of methoxy groups -OCH3 is 1. The number of ether oxygens (including phenoxy) is 1. The molecule has 0 aliphatic heterocycles. The molecule has 0 aliphatic rings. The van der Waals surface area contributed by atoms with Crippen LogP contribution in [0.5, 0.6) is 5.75 Å². The van der Waals surface area contributed by atoms with Gasteiger partial charge >= 0.3 is 0 Å². The molecule has 0 unspecified atom stereocenters. The van der Waals surface area contributed by atoms with Crippen LogP contribution in [0.1, 0.15) is 0 Å². The molecule has 0 radical (unpaired) electrons. The monoisotopic (exact) mass is 214 g/mol. The van der Waals surface area contributed by atoms with Crippen LogP contribution in [0.3, 0.4) is 0 Å². The van der Waals surface area contributed by atoms with E-state index in [9.17, 15) is 8.78 Å². The second-order valence-corrected chi connectivity index (χ2v) is 3.15. The van der Waals surface area contributed by atoms with E-state index in [0.717, 1.165) is 12.1 Å². The molecular formula is C10H12F2N2O. The fourth-order valence-electron chi connectivity index (χ4n) is 0.951. The normalized spacial score (nSPS) is 10.7. The van der Waals surface area contributed by atoms with E-state index in [-0.39, 0.29) is 11.4 Å². The van der Waals surface area contributed by atoms with Crippen LogP contribution in [0.2, 0.25) is 0 Å². The largest absolute Gasteiger partial charge is 0.494 e. The third-order valence-electron chi connectivity index (χ3n) is 1.65. The molecule has 0 bridgehead atoms. The molecule has 0 saturated carbocycles. The lowest BCUT2D eigenvalue weighted by Gasteiger charge is -2.05. The van der Waals surface area contributed by atoms with Crippen molar-refractivity contribution in [2.75, 3.05) is 21.2 Å². The van der Waals surface area contributed by atoms with E-state index >= 15 is 0 Å². The Kier molecular flexibility index (Phi) is 3.60. The number of nitrogens with zero attached hydrogens (tertiary/aromatic N) is 2. The molecule has 1 aromatic carbocycles. The minimum atomic E-state index is -0.634. The summed E-state index contributed by atoms with van der Waals surface area (Å²) in [6.07, 6.45) is 1.39. The maximum Gasteiger partial charge on any atom is 0.167 e. The molecule has 0 saturated heterocycles. The van der Waals surface area contributed by atoms with Crippen molar-refractivity contribution < 1.29 is 13.5 Å². The zero-order chi connectivity index (χ0) is 11.4. The quantitative estimate of drug-likeness (QED) is 0.569. The average molecular weight is 214 g/mol. The minimum absolute atomic E-state index is 0.0537. The Morgan fingerprint density at radius 3 is 2.47 bits per heavy atom. The molecule has 0 aromatic heterocycles. The Hall–Kier alpha value is -1.65. The summed E-state index contributed by atoms with van der Waals surface area (Å²) in [5.41, 5.74) is -0.0537. The van der Waals surface area contributed by atoms with Crippen LogP contribution in [0, 0.1) is 11.6 Å². The summed E-state index contributed by atoms with van der Waals surface area (Å²) < 4.78 is 31.1. The van der Waals surface area contributed by atoms with Crippen LogP contribution in [0.4, 0.5) is 14.5 Å². The van der Waals surface area contributed by atoms with E-state index in [4.69, 9.17) is 0 Å². The highest BCUT2D eigenvalue weighted by Crippen LogP contribution is 2.26. The van der Waals surface area contributed by atoms with Gasteiger partial charge in [-0.05, 0) is 0 Å². The minimum Gasteiger partial charge on any atom is -0.494 e. The van der Waals surface area contributed by atoms with Crippen molar-refractivity contribution in [3.63, 3.8) is 0 Å². The Morgan fingerprint density at radius 1 is 1.27 bits per heavy atom. The molecule has 82 valence electrons. The smallest absolute Gasteiger partial charge is 0.167 e. The maximum absolute atomic E-state index is 13.3. The molecule has 1 aromatic rings. The molecule has 15 heavy (non-hydrogen) atoms. The van der Waals surface area contributed by atoms with Crippen LogP contribution in [0.25, 0.3) is 0 Å². The fourth-order valence-corrected chi connectivity index (χ4v) is 0.951. The van der Waals surface area contributed by atoms with Gasteiger partial charge < -0.3 is 9.64 Å². The van der Waals surface area contributed by atoms with Gasteiger partial charge in [-0.2, -0.15) is 0 Å². The van der Waals surface area contributed by atoms with Gasteiger partial charge in [-0.25, -0.2) is 13.8 Å². The molecule has 0 spiro atoms. The van der Waals surface area contributed by atoms with Crippen LogP contribution in [0.15, 0.2) is 17.1 Å². The first-order valence-electron chi connectivity index (χ1n) is 4.28. The predicted molar refractivity (Wildman–Crippen MR) is 54.7 cm³/mol. The molecule has 0 heterocycles. The van der Waals surface area contributed by atoms with Crippen molar-refractivity contribution in [3.05, 3.63) is 23.8 Å². The Morgan fingerprint density at radius 2 is 1.93 bits per heavy atom. The van der Waals surface area contributed by atoms with Crippen LogP contribution >= 0.6 is 0 Å². The fraction of sp³-hybridized carbons (Fsp3) is 0.300. The summed E-state index contributed by atoms with van der Waals surface area (Å²) in [5.74, 6) is -1.38. The number of benzene rings is 1. The van der Waals surface area contributed by atoms with Gasteiger partial charge in [0.1, 0.15) is 5.69 Å². The Labute approximate surface area is 87.0 Å². The van der Waals surface area contributed by atoms with Gasteiger partial charge in [0.2, 0.25) is 0 Å². The first-order valence-corrected chi connectivity index (χ1v) is 4.28. The SMILES string of the molecule is COc1cc(F)c(N=CN(C)C)cc1F. The molecule has 5 heteroatoms. The average Bonchev–Trinajstić information content (AvgIpc) is 2.18. The number of hydrogen-bond donors (Lipinski definition) is 0. The van der Waals surface area contributed by atoms with E-state index in [1.54, 1.807) is 19.0 Å². The van der Waals surface area contributed by atoms with E-state index in [1.165, 1.54) is 13.4 Å². The van der Waals surface area contributed by atoms with Crippen molar-refractivity contribution in [3.8, 4) is 5.75 Å². The van der Waals surface area contributed by atoms with Crippen molar-refractivity contribution in [2.24, 2.45) is 4.99 Å². The van der Waals surface area contributed by atoms with E-state index < -0.39 is 11.6 Å². The summed E-state index contributed by atoms with van der Waals surface area (Å²) in [6.45, 7) is 0. The molecule has 0 atom stereocenters. The summed E-state index contributed by atoms with van der Waals surface area (Å²) in [6, 6.07) is 1.96. The summed E-state index contributed by atoms with van der Waals surface area (Å²) in [4.78, 5) is 5.40. The third kappa shape index (κ3) is 2.90. The van der Waals surface area contributed by atoms with Crippen LogP contribution in [-0.2, 0) is 0 Å². The first kappa shape index (κ1) is 11.4. The third-order valence-corrected chi connectivity index (χ3v) is 1.65. The van der Waals surface area contributed by atoms with Crippen LogP contribution < -0.4 is 4.74 Å². The van der Waals surface area contributed by atoms with Gasteiger partial charge in [-0.15, -0.1) is 0 Å². The van der Waals surface area contributed by atoms with Gasteiger partial charge in [0.05, 0.1) is 13.4 Å². The summed E-state index contributed by atoms with van der Waals surface area (Å²) >= 11 is 0. The Balaban J connectivity index is 3.05. The van der Waals surface area contributed by atoms with E-state index in [2.05, 4.69) is 9.73 Å². The van der Waals surface area contributed by atoms with Crippen molar-refractivity contribution in [1.29, 1.82) is 0 Å². The van der Waals surface area contributed by atoms with Crippen molar-refractivity contribution in [1.82, 2.24) is 4.90 Å².